The summed E-state index contributed by atoms with van der Waals surface area (Å²) >= 11 is 0. The molecule has 0 saturated heterocycles. The van der Waals surface area contributed by atoms with Crippen LogP contribution in [-0.4, -0.2) is 29.3 Å². The normalized spacial score (nSPS) is 14.6. The standard InChI is InChI=1S/C26H32N2O4/c1-3-4-5-6-7-12-17-26(2,24(29)30)28-27-25(31)32-18-23-21-15-10-8-13-19(21)20-14-9-11-16-22(20)23/h8-17,23,28H,3-7,18H2,1-2H3,(H,27,31)(H,29,30). The number of carboxylic acids is 1. The third kappa shape index (κ3) is 5.56. The van der Waals surface area contributed by atoms with Gasteiger partial charge in [0.2, 0.25) is 0 Å². The summed E-state index contributed by atoms with van der Waals surface area (Å²) in [5.74, 6) is -1.14. The summed E-state index contributed by atoms with van der Waals surface area (Å²) in [6.45, 7) is 3.82. The highest BCUT2D eigenvalue weighted by molar-refractivity contribution is 5.81. The lowest BCUT2D eigenvalue weighted by Gasteiger charge is -2.23. The van der Waals surface area contributed by atoms with Crippen LogP contribution in [0, 0.1) is 0 Å². The molecule has 1 unspecified atom stereocenters. The van der Waals surface area contributed by atoms with Gasteiger partial charge < -0.3 is 9.84 Å². The Kier molecular flexibility index (Phi) is 8.06. The van der Waals surface area contributed by atoms with Crippen molar-refractivity contribution < 1.29 is 19.4 Å². The molecule has 0 heterocycles. The summed E-state index contributed by atoms with van der Waals surface area (Å²) in [6.07, 6.45) is 7.97. The number of hydrogen-bond donors (Lipinski definition) is 3. The zero-order valence-electron chi connectivity index (χ0n) is 18.8. The largest absolute Gasteiger partial charge is 0.480 e. The first-order valence-corrected chi connectivity index (χ1v) is 11.3. The number of ether oxygens (including phenoxy) is 1. The van der Waals surface area contributed by atoms with Crippen molar-refractivity contribution in [2.24, 2.45) is 0 Å². The molecule has 1 aliphatic rings. The van der Waals surface area contributed by atoms with Crippen molar-refractivity contribution in [1.82, 2.24) is 10.9 Å². The van der Waals surface area contributed by atoms with Crippen LogP contribution in [0.1, 0.15) is 63.0 Å². The van der Waals surface area contributed by atoms with Crippen molar-refractivity contribution in [3.63, 3.8) is 0 Å². The lowest BCUT2D eigenvalue weighted by Crippen LogP contribution is -2.56. The number of aliphatic carboxylic acids is 1. The van der Waals surface area contributed by atoms with Gasteiger partial charge in [-0.25, -0.2) is 15.0 Å². The van der Waals surface area contributed by atoms with Crippen molar-refractivity contribution in [3.8, 4) is 11.1 Å². The summed E-state index contributed by atoms with van der Waals surface area (Å²) in [5, 5.41) is 9.60. The third-order valence-corrected chi connectivity index (χ3v) is 5.89. The Bertz CT molecular complexity index is 926. The van der Waals surface area contributed by atoms with Gasteiger partial charge >= 0.3 is 12.1 Å². The number of amides is 1. The monoisotopic (exact) mass is 436 g/mol. The lowest BCUT2D eigenvalue weighted by atomic mass is 9.98. The van der Waals surface area contributed by atoms with Gasteiger partial charge in [-0.15, -0.1) is 0 Å². The highest BCUT2D eigenvalue weighted by Gasteiger charge is 2.32. The fourth-order valence-corrected chi connectivity index (χ4v) is 3.99. The van der Waals surface area contributed by atoms with Crippen LogP contribution >= 0.6 is 0 Å². The molecule has 0 radical (unpaired) electrons. The minimum Gasteiger partial charge on any atom is -0.480 e. The number of rotatable bonds is 11. The van der Waals surface area contributed by atoms with Crippen molar-refractivity contribution >= 4 is 12.1 Å². The molecule has 2 aromatic carbocycles. The van der Waals surface area contributed by atoms with Crippen molar-refractivity contribution in [1.29, 1.82) is 0 Å². The number of benzene rings is 2. The third-order valence-electron chi connectivity index (χ3n) is 5.89. The second-order valence-corrected chi connectivity index (χ2v) is 8.33. The van der Waals surface area contributed by atoms with Crippen molar-refractivity contribution in [2.45, 2.75) is 57.4 Å². The Labute approximate surface area is 189 Å². The van der Waals surface area contributed by atoms with Gasteiger partial charge in [-0.1, -0.05) is 86.9 Å². The molecule has 0 aromatic heterocycles. The van der Waals surface area contributed by atoms with Gasteiger partial charge in [0.05, 0.1) is 0 Å². The van der Waals surface area contributed by atoms with E-state index < -0.39 is 17.6 Å². The van der Waals surface area contributed by atoms with E-state index in [9.17, 15) is 14.7 Å². The van der Waals surface area contributed by atoms with E-state index in [2.05, 4.69) is 29.9 Å². The Morgan fingerprint density at radius 1 is 1.03 bits per heavy atom. The number of carbonyl (C=O) groups is 2. The van der Waals surface area contributed by atoms with E-state index in [-0.39, 0.29) is 12.5 Å². The molecule has 170 valence electrons. The molecular weight excluding hydrogens is 404 g/mol. The second-order valence-electron chi connectivity index (χ2n) is 8.33. The van der Waals surface area contributed by atoms with Crippen molar-refractivity contribution in [3.05, 3.63) is 71.8 Å². The van der Waals surface area contributed by atoms with E-state index in [1.807, 2.05) is 42.5 Å². The van der Waals surface area contributed by atoms with E-state index in [1.54, 1.807) is 6.08 Å². The predicted octanol–water partition coefficient (Wildman–Crippen LogP) is 5.40. The molecule has 1 amide bonds. The van der Waals surface area contributed by atoms with E-state index in [0.29, 0.717) is 0 Å². The lowest BCUT2D eigenvalue weighted by molar-refractivity contribution is -0.142. The summed E-state index contributed by atoms with van der Waals surface area (Å²) in [7, 11) is 0. The first-order chi connectivity index (χ1) is 15.5. The zero-order valence-corrected chi connectivity index (χ0v) is 18.8. The molecule has 0 aliphatic heterocycles. The molecule has 6 nitrogen and oxygen atoms in total. The number of hydrogen-bond acceptors (Lipinski definition) is 4. The predicted molar refractivity (Wildman–Crippen MR) is 125 cm³/mol. The van der Waals surface area contributed by atoms with Crippen molar-refractivity contribution in [2.75, 3.05) is 6.61 Å². The van der Waals surface area contributed by atoms with Crippen LogP contribution in [0.4, 0.5) is 4.79 Å². The minimum absolute atomic E-state index is 0.0537. The second kappa shape index (κ2) is 11.0. The van der Waals surface area contributed by atoms with Gasteiger partial charge in [-0.05, 0) is 42.0 Å². The van der Waals surface area contributed by atoms with Crippen LogP contribution in [0.2, 0.25) is 0 Å². The van der Waals surface area contributed by atoms with Gasteiger partial charge in [0.25, 0.3) is 0 Å². The van der Waals surface area contributed by atoms with Crippen LogP contribution in [0.15, 0.2) is 60.7 Å². The maximum absolute atomic E-state index is 12.3. The first-order valence-electron chi connectivity index (χ1n) is 11.3. The fraction of sp³-hybridized carbons (Fsp3) is 0.385. The summed E-state index contributed by atoms with van der Waals surface area (Å²) in [4.78, 5) is 24.1. The molecule has 3 N–H and O–H groups in total. The molecule has 1 aliphatic carbocycles. The Hall–Kier alpha value is -3.12. The number of unbranched alkanes of at least 4 members (excludes halogenated alkanes) is 4. The number of carboxylic acid groups (broad SMARTS) is 1. The maximum Gasteiger partial charge on any atom is 0.421 e. The molecule has 32 heavy (non-hydrogen) atoms. The minimum atomic E-state index is -1.42. The highest BCUT2D eigenvalue weighted by atomic mass is 16.6. The fourth-order valence-electron chi connectivity index (χ4n) is 3.99. The van der Waals surface area contributed by atoms with Gasteiger partial charge in [0.1, 0.15) is 12.1 Å². The van der Waals surface area contributed by atoms with E-state index >= 15 is 0 Å². The van der Waals surface area contributed by atoms with Crippen LogP contribution in [0.3, 0.4) is 0 Å². The number of fused-ring (bicyclic) bond motifs is 3. The zero-order chi connectivity index (χ0) is 23.0. The number of carbonyl (C=O) groups excluding carboxylic acids is 1. The Morgan fingerprint density at radius 2 is 1.66 bits per heavy atom. The van der Waals surface area contributed by atoms with Gasteiger partial charge in [-0.2, -0.15) is 0 Å². The smallest absolute Gasteiger partial charge is 0.421 e. The quantitative estimate of drug-likeness (QED) is 0.249. The molecule has 6 heteroatoms. The molecule has 0 fully saturated rings. The van der Waals surface area contributed by atoms with E-state index in [1.165, 1.54) is 13.3 Å². The average Bonchev–Trinajstić information content (AvgIpc) is 3.12. The molecule has 1 atom stereocenters. The molecular formula is C26H32N2O4. The molecule has 2 aromatic rings. The maximum atomic E-state index is 12.3. The molecule has 0 saturated carbocycles. The van der Waals surface area contributed by atoms with E-state index in [4.69, 9.17) is 4.74 Å². The van der Waals surface area contributed by atoms with Gasteiger partial charge in [0.15, 0.2) is 0 Å². The summed E-state index contributed by atoms with van der Waals surface area (Å²) in [6, 6.07) is 16.2. The number of nitrogens with one attached hydrogen (secondary N) is 2. The van der Waals surface area contributed by atoms with Gasteiger partial charge in [0, 0.05) is 5.92 Å². The highest BCUT2D eigenvalue weighted by Crippen LogP contribution is 2.44. The average molecular weight is 437 g/mol. The molecule has 0 spiro atoms. The van der Waals surface area contributed by atoms with E-state index in [0.717, 1.165) is 47.9 Å². The summed E-state index contributed by atoms with van der Waals surface area (Å²) < 4.78 is 5.46. The number of allylic oxidation sites excluding steroid dienone is 1. The van der Waals surface area contributed by atoms with Gasteiger partial charge in [-0.3, -0.25) is 5.43 Å². The molecule has 0 bridgehead atoms. The summed E-state index contributed by atoms with van der Waals surface area (Å²) in [5.41, 5.74) is 8.12. The van der Waals surface area contributed by atoms with Crippen LogP contribution in [0.25, 0.3) is 11.1 Å². The first kappa shape index (κ1) is 23.5. The van der Waals surface area contributed by atoms with Crippen LogP contribution in [-0.2, 0) is 9.53 Å². The Balaban J connectivity index is 1.55. The van der Waals surface area contributed by atoms with Crippen LogP contribution < -0.4 is 10.9 Å². The topological polar surface area (TPSA) is 87.7 Å². The van der Waals surface area contributed by atoms with Crippen LogP contribution in [0.5, 0.6) is 0 Å². The Morgan fingerprint density at radius 3 is 2.25 bits per heavy atom. The SMILES string of the molecule is CCCCCCC=CC(C)(NNC(=O)OCC1c2ccccc2-c2ccccc21)C(=O)O. The number of hydrazine groups is 1. The molecule has 3 rings (SSSR count).